The van der Waals surface area contributed by atoms with Crippen molar-refractivity contribution in [3.8, 4) is 0 Å². The number of carbonyl (C=O) groups excluding carboxylic acids is 2. The summed E-state index contributed by atoms with van der Waals surface area (Å²) in [5.41, 5.74) is 4.36. The van der Waals surface area contributed by atoms with E-state index in [1.165, 1.54) is 11.3 Å². The van der Waals surface area contributed by atoms with Crippen molar-refractivity contribution in [1.82, 2.24) is 9.97 Å². The molecule has 27 heavy (non-hydrogen) atoms. The standard InChI is InChI=1S/C20H21N3O3S/c1-4-26-19(25)9-14-11-27-20(22-14)23-18(24)10-16-12(2)15-7-5-6-8-17(15)21-13(16)3/h5-8,11H,4,9-10H2,1-3H3,(H,22,23,24). The minimum absolute atomic E-state index is 0.104. The smallest absolute Gasteiger partial charge is 0.311 e. The Balaban J connectivity index is 1.71. The van der Waals surface area contributed by atoms with E-state index in [2.05, 4.69) is 15.3 Å². The number of para-hydroxylation sites is 1. The Morgan fingerprint density at radius 2 is 1.93 bits per heavy atom. The quantitative estimate of drug-likeness (QED) is 0.658. The van der Waals surface area contributed by atoms with Gasteiger partial charge in [0.05, 0.1) is 30.7 Å². The minimum atomic E-state index is -0.325. The van der Waals surface area contributed by atoms with E-state index in [0.29, 0.717) is 17.4 Å². The molecule has 0 aliphatic rings. The molecule has 0 aliphatic carbocycles. The van der Waals surface area contributed by atoms with Gasteiger partial charge in [0, 0.05) is 16.5 Å². The molecule has 0 radical (unpaired) electrons. The molecule has 0 fully saturated rings. The molecule has 140 valence electrons. The average Bonchev–Trinajstić information content (AvgIpc) is 3.05. The number of carbonyl (C=O) groups is 2. The number of rotatable bonds is 6. The molecule has 1 amide bonds. The Bertz CT molecular complexity index is 997. The van der Waals surface area contributed by atoms with Gasteiger partial charge in [0.15, 0.2) is 5.13 Å². The van der Waals surface area contributed by atoms with Gasteiger partial charge in [-0.2, -0.15) is 0 Å². The van der Waals surface area contributed by atoms with Crippen LogP contribution in [0.25, 0.3) is 10.9 Å². The number of fused-ring (bicyclic) bond motifs is 1. The Morgan fingerprint density at radius 1 is 1.15 bits per heavy atom. The Kier molecular flexibility index (Phi) is 5.81. The maximum Gasteiger partial charge on any atom is 0.311 e. The molecule has 0 saturated heterocycles. The maximum atomic E-state index is 12.5. The Labute approximate surface area is 161 Å². The highest BCUT2D eigenvalue weighted by Gasteiger charge is 2.15. The van der Waals surface area contributed by atoms with E-state index in [1.807, 2.05) is 38.1 Å². The highest BCUT2D eigenvalue weighted by atomic mass is 32.1. The number of thiazole rings is 1. The van der Waals surface area contributed by atoms with Crippen molar-refractivity contribution >= 4 is 39.2 Å². The number of nitrogens with one attached hydrogen (secondary N) is 1. The molecule has 3 rings (SSSR count). The molecule has 2 aromatic heterocycles. The van der Waals surface area contributed by atoms with Gasteiger partial charge in [-0.3, -0.25) is 14.6 Å². The predicted octanol–water partition coefficient (Wildman–Crippen LogP) is 3.59. The first-order valence-corrected chi connectivity index (χ1v) is 9.60. The molecule has 1 N–H and O–H groups in total. The first kappa shape index (κ1) is 19.0. The first-order valence-electron chi connectivity index (χ1n) is 8.72. The average molecular weight is 383 g/mol. The second-order valence-corrected chi connectivity index (χ2v) is 7.03. The lowest BCUT2D eigenvalue weighted by molar-refractivity contribution is -0.142. The van der Waals surface area contributed by atoms with Gasteiger partial charge in [-0.05, 0) is 38.0 Å². The fraction of sp³-hybridized carbons (Fsp3) is 0.300. The molecule has 1 aromatic carbocycles. The third-order valence-electron chi connectivity index (χ3n) is 4.25. The van der Waals surface area contributed by atoms with Crippen molar-refractivity contribution in [3.05, 3.63) is 52.2 Å². The summed E-state index contributed by atoms with van der Waals surface area (Å²) in [6.45, 7) is 6.03. The number of anilines is 1. The van der Waals surface area contributed by atoms with Crippen LogP contribution in [0.2, 0.25) is 0 Å². The highest BCUT2D eigenvalue weighted by Crippen LogP contribution is 2.23. The Morgan fingerprint density at radius 3 is 2.70 bits per heavy atom. The molecular formula is C20H21N3O3S. The Hall–Kier alpha value is -2.80. The minimum Gasteiger partial charge on any atom is -0.466 e. The third-order valence-corrected chi connectivity index (χ3v) is 5.06. The largest absolute Gasteiger partial charge is 0.466 e. The molecule has 6 nitrogen and oxygen atoms in total. The zero-order valence-corrected chi connectivity index (χ0v) is 16.4. The van der Waals surface area contributed by atoms with E-state index in [0.717, 1.165) is 27.7 Å². The van der Waals surface area contributed by atoms with Crippen molar-refractivity contribution < 1.29 is 14.3 Å². The molecule has 0 spiro atoms. The summed E-state index contributed by atoms with van der Waals surface area (Å²) in [4.78, 5) is 32.9. The van der Waals surface area contributed by atoms with Gasteiger partial charge in [0.2, 0.25) is 5.91 Å². The molecule has 0 atom stereocenters. The fourth-order valence-electron chi connectivity index (χ4n) is 2.96. The van der Waals surface area contributed by atoms with Gasteiger partial charge in [-0.15, -0.1) is 11.3 Å². The van der Waals surface area contributed by atoms with E-state index in [1.54, 1.807) is 12.3 Å². The van der Waals surface area contributed by atoms with E-state index < -0.39 is 0 Å². The number of amides is 1. The van der Waals surface area contributed by atoms with Crippen LogP contribution in [0.15, 0.2) is 29.6 Å². The summed E-state index contributed by atoms with van der Waals surface area (Å²) in [5.74, 6) is -0.482. The molecule has 0 saturated carbocycles. The monoisotopic (exact) mass is 383 g/mol. The van der Waals surface area contributed by atoms with Crippen LogP contribution < -0.4 is 5.32 Å². The zero-order valence-electron chi connectivity index (χ0n) is 15.5. The van der Waals surface area contributed by atoms with E-state index in [4.69, 9.17) is 4.74 Å². The van der Waals surface area contributed by atoms with Gasteiger partial charge in [0.25, 0.3) is 0 Å². The van der Waals surface area contributed by atoms with E-state index >= 15 is 0 Å². The number of benzene rings is 1. The van der Waals surface area contributed by atoms with E-state index in [9.17, 15) is 9.59 Å². The lowest BCUT2D eigenvalue weighted by Gasteiger charge is -2.12. The number of aromatic nitrogens is 2. The third kappa shape index (κ3) is 4.49. The molecule has 3 aromatic rings. The molecule has 0 aliphatic heterocycles. The number of hydrogen-bond acceptors (Lipinski definition) is 6. The van der Waals surface area contributed by atoms with Crippen LogP contribution in [-0.2, 0) is 27.2 Å². The van der Waals surface area contributed by atoms with E-state index in [-0.39, 0.29) is 24.7 Å². The van der Waals surface area contributed by atoms with Gasteiger partial charge < -0.3 is 10.1 Å². The van der Waals surface area contributed by atoms with Gasteiger partial charge in [-0.1, -0.05) is 18.2 Å². The van der Waals surface area contributed by atoms with Crippen LogP contribution in [-0.4, -0.2) is 28.5 Å². The first-order chi connectivity index (χ1) is 13.0. The number of pyridine rings is 1. The second kappa shape index (κ2) is 8.26. The fourth-order valence-corrected chi connectivity index (χ4v) is 3.69. The summed E-state index contributed by atoms with van der Waals surface area (Å²) < 4.78 is 4.91. The molecule has 0 bridgehead atoms. The number of esters is 1. The van der Waals surface area contributed by atoms with Crippen molar-refractivity contribution in [2.24, 2.45) is 0 Å². The molecule has 0 unspecified atom stereocenters. The summed E-state index contributed by atoms with van der Waals surface area (Å²) in [6, 6.07) is 7.91. The number of hydrogen-bond donors (Lipinski definition) is 1. The summed E-state index contributed by atoms with van der Waals surface area (Å²) in [6.07, 6.45) is 0.329. The molecule has 7 heteroatoms. The van der Waals surface area contributed by atoms with Crippen LogP contribution >= 0.6 is 11.3 Å². The van der Waals surface area contributed by atoms with Crippen LogP contribution in [0, 0.1) is 13.8 Å². The van der Waals surface area contributed by atoms with Crippen LogP contribution in [0.5, 0.6) is 0 Å². The molecule has 2 heterocycles. The van der Waals surface area contributed by atoms with Gasteiger partial charge >= 0.3 is 5.97 Å². The van der Waals surface area contributed by atoms with Gasteiger partial charge in [0.1, 0.15) is 0 Å². The SMILES string of the molecule is CCOC(=O)Cc1csc(NC(=O)Cc2c(C)nc3ccccc3c2C)n1. The predicted molar refractivity (Wildman–Crippen MR) is 106 cm³/mol. The van der Waals surface area contributed by atoms with Crippen LogP contribution in [0.1, 0.15) is 29.4 Å². The number of ether oxygens (including phenoxy) is 1. The van der Waals surface area contributed by atoms with Crippen LogP contribution in [0.4, 0.5) is 5.13 Å². The maximum absolute atomic E-state index is 12.5. The number of aryl methyl sites for hydroxylation is 2. The lowest BCUT2D eigenvalue weighted by atomic mass is 9.99. The van der Waals surface area contributed by atoms with Crippen molar-refractivity contribution in [2.75, 3.05) is 11.9 Å². The van der Waals surface area contributed by atoms with Crippen molar-refractivity contribution in [3.63, 3.8) is 0 Å². The van der Waals surface area contributed by atoms with Crippen molar-refractivity contribution in [1.29, 1.82) is 0 Å². The summed E-state index contributed by atoms with van der Waals surface area (Å²) in [7, 11) is 0. The highest BCUT2D eigenvalue weighted by molar-refractivity contribution is 7.13. The van der Waals surface area contributed by atoms with Crippen LogP contribution in [0.3, 0.4) is 0 Å². The van der Waals surface area contributed by atoms with Crippen molar-refractivity contribution in [2.45, 2.75) is 33.6 Å². The lowest BCUT2D eigenvalue weighted by Crippen LogP contribution is -2.16. The summed E-state index contributed by atoms with van der Waals surface area (Å²) in [5, 5.41) is 6.09. The summed E-state index contributed by atoms with van der Waals surface area (Å²) >= 11 is 1.29. The normalized spacial score (nSPS) is 10.8. The zero-order chi connectivity index (χ0) is 19.4. The molecular weight excluding hydrogens is 362 g/mol. The second-order valence-electron chi connectivity index (χ2n) is 6.17. The topological polar surface area (TPSA) is 81.2 Å². The number of nitrogens with zero attached hydrogens (tertiary/aromatic N) is 2. The van der Waals surface area contributed by atoms with Gasteiger partial charge in [-0.25, -0.2) is 4.98 Å².